The monoisotopic (exact) mass is 579 g/mol. The van der Waals surface area contributed by atoms with Crippen molar-refractivity contribution in [2.24, 2.45) is 0 Å². The summed E-state index contributed by atoms with van der Waals surface area (Å²) in [7, 11) is -2.17. The molecule has 0 aliphatic carbocycles. The number of nitrogens with one attached hydrogen (secondary N) is 2. The van der Waals surface area contributed by atoms with Gasteiger partial charge in [0.15, 0.2) is 5.75 Å². The van der Waals surface area contributed by atoms with Gasteiger partial charge in [0.25, 0.3) is 5.91 Å². The molecule has 0 saturated heterocycles. The molecule has 1 amide bonds. The lowest BCUT2D eigenvalue weighted by Gasteiger charge is -2.24. The van der Waals surface area contributed by atoms with E-state index in [9.17, 15) is 13.2 Å². The number of sulfonamides is 1. The van der Waals surface area contributed by atoms with Gasteiger partial charge in [-0.05, 0) is 68.5 Å². The molecule has 0 bridgehead atoms. The fraction of sp³-hybridized carbons (Fsp3) is 0.379. The van der Waals surface area contributed by atoms with Crippen molar-refractivity contribution in [3.63, 3.8) is 0 Å². The molecule has 0 radical (unpaired) electrons. The van der Waals surface area contributed by atoms with E-state index < -0.39 is 15.9 Å². The zero-order valence-electron chi connectivity index (χ0n) is 24.9. The maximum Gasteiger partial charge on any atom is 0.255 e. The Labute approximate surface area is 241 Å². The first-order chi connectivity index (χ1) is 19.1. The molecule has 0 saturated carbocycles. The molecule has 0 unspecified atom stereocenters. The van der Waals surface area contributed by atoms with Gasteiger partial charge in [0.05, 0.1) is 48.5 Å². The van der Waals surface area contributed by atoms with Crippen molar-refractivity contribution in [1.82, 2.24) is 24.5 Å². The van der Waals surface area contributed by atoms with Gasteiger partial charge in [-0.25, -0.2) is 18.1 Å². The molecule has 2 aromatic carbocycles. The lowest BCUT2D eigenvalue weighted by atomic mass is 9.86. The Balaban J connectivity index is 1.71. The van der Waals surface area contributed by atoms with Crippen molar-refractivity contribution in [2.75, 3.05) is 23.4 Å². The number of carbonyl (C=O) groups excluding carboxylic acids is 1. The lowest BCUT2D eigenvalue weighted by molar-refractivity contribution is 0.102. The first-order valence-corrected chi connectivity index (χ1v) is 15.1. The highest BCUT2D eigenvalue weighted by Gasteiger charge is 2.23. The van der Waals surface area contributed by atoms with E-state index in [1.165, 1.54) is 7.11 Å². The number of benzene rings is 2. The quantitative estimate of drug-likeness (QED) is 0.291. The van der Waals surface area contributed by atoms with Crippen LogP contribution in [0.2, 0.25) is 0 Å². The summed E-state index contributed by atoms with van der Waals surface area (Å²) in [5.74, 6) is 0.706. The maximum absolute atomic E-state index is 13.5. The molecule has 2 N–H and O–H groups in total. The van der Waals surface area contributed by atoms with Crippen molar-refractivity contribution >= 4 is 27.3 Å². The van der Waals surface area contributed by atoms with Crippen molar-refractivity contribution in [3.05, 3.63) is 65.2 Å². The molecule has 0 atom stereocenters. The second-order valence-corrected chi connectivity index (χ2v) is 13.1. The normalized spacial score (nSPS) is 12.0. The van der Waals surface area contributed by atoms with E-state index in [2.05, 4.69) is 43.7 Å². The summed E-state index contributed by atoms with van der Waals surface area (Å²) in [5, 5.41) is 11.6. The summed E-state index contributed by atoms with van der Waals surface area (Å²) < 4.78 is 35.9. The van der Waals surface area contributed by atoms with Crippen LogP contribution >= 0.6 is 0 Å². The first-order valence-electron chi connectivity index (χ1n) is 13.2. The number of aromatic nitrogens is 5. The fourth-order valence-corrected chi connectivity index (χ4v) is 5.19. The minimum Gasteiger partial charge on any atom is -0.492 e. The van der Waals surface area contributed by atoms with Crippen LogP contribution in [-0.2, 0) is 15.4 Å². The third-order valence-corrected chi connectivity index (χ3v) is 7.27. The third-order valence-electron chi connectivity index (χ3n) is 6.67. The summed E-state index contributed by atoms with van der Waals surface area (Å²) in [5.41, 5.74) is 4.58. The molecule has 0 aliphatic heterocycles. The van der Waals surface area contributed by atoms with Crippen LogP contribution in [-0.4, -0.2) is 52.2 Å². The van der Waals surface area contributed by atoms with E-state index in [0.717, 1.165) is 28.9 Å². The van der Waals surface area contributed by atoms with E-state index >= 15 is 0 Å². The van der Waals surface area contributed by atoms with Crippen LogP contribution in [0, 0.1) is 13.8 Å². The fourth-order valence-electron chi connectivity index (χ4n) is 4.64. The Morgan fingerprint density at radius 1 is 1.07 bits per heavy atom. The second kappa shape index (κ2) is 11.0. The van der Waals surface area contributed by atoms with Crippen LogP contribution in [0.3, 0.4) is 0 Å². The summed E-state index contributed by atoms with van der Waals surface area (Å²) in [4.78, 5) is 18.0. The molecule has 4 rings (SSSR count). The molecule has 0 fully saturated rings. The Bertz CT molecular complexity index is 1710. The highest BCUT2D eigenvalue weighted by atomic mass is 32.2. The smallest absolute Gasteiger partial charge is 0.255 e. The first kappa shape index (κ1) is 29.8. The SMILES string of the molecule is COc1c(NC(=O)c2ccc(C)c(-n3cc(-c4cnc(C)n4C(C)C)nn3)c2)cc(C(C)(C)C)cc1NS(C)(=O)=O. The number of hydrogen-bond donors (Lipinski definition) is 2. The third kappa shape index (κ3) is 6.43. The van der Waals surface area contributed by atoms with Crippen molar-refractivity contribution in [1.29, 1.82) is 0 Å². The molecule has 2 heterocycles. The molecule has 41 heavy (non-hydrogen) atoms. The zero-order valence-corrected chi connectivity index (χ0v) is 25.7. The minimum absolute atomic E-state index is 0.202. The number of methoxy groups -OCH3 is 1. The highest BCUT2D eigenvalue weighted by Crippen LogP contribution is 2.39. The van der Waals surface area contributed by atoms with Crippen molar-refractivity contribution in [3.8, 4) is 22.8 Å². The van der Waals surface area contributed by atoms with Gasteiger partial charge < -0.3 is 14.6 Å². The van der Waals surface area contributed by atoms with Gasteiger partial charge >= 0.3 is 0 Å². The van der Waals surface area contributed by atoms with E-state index in [1.807, 2.05) is 46.9 Å². The van der Waals surface area contributed by atoms with Gasteiger partial charge in [0.1, 0.15) is 11.5 Å². The standard InChI is InChI=1S/C29H37N7O4S/c1-17(2)36-19(4)30-15-26(36)24-16-35(34-32-24)25-12-20(11-10-18(25)3)28(37)31-22-13-21(29(5,6)7)14-23(27(22)40-8)33-41(9,38)39/h10-17,33H,1-9H3,(H,31,37). The molecule has 4 aromatic rings. The summed E-state index contributed by atoms with van der Waals surface area (Å²) >= 11 is 0. The number of anilines is 2. The largest absolute Gasteiger partial charge is 0.492 e. The van der Waals surface area contributed by atoms with Crippen LogP contribution in [0.5, 0.6) is 5.75 Å². The lowest BCUT2D eigenvalue weighted by Crippen LogP contribution is -2.18. The van der Waals surface area contributed by atoms with Crippen LogP contribution in [0.25, 0.3) is 17.1 Å². The van der Waals surface area contributed by atoms with Gasteiger partial charge in [0.2, 0.25) is 10.0 Å². The number of ether oxygens (including phenoxy) is 1. The molecular formula is C29H37N7O4S. The average molecular weight is 580 g/mol. The van der Waals surface area contributed by atoms with Crippen LogP contribution in [0.4, 0.5) is 11.4 Å². The summed E-state index contributed by atoms with van der Waals surface area (Å²) in [6.07, 6.45) is 4.67. The second-order valence-electron chi connectivity index (χ2n) is 11.4. The van der Waals surface area contributed by atoms with Gasteiger partial charge in [0, 0.05) is 11.6 Å². The Hall–Kier alpha value is -4.19. The minimum atomic E-state index is -3.60. The predicted molar refractivity (Wildman–Crippen MR) is 161 cm³/mol. The Morgan fingerprint density at radius 2 is 1.76 bits per heavy atom. The number of imidazole rings is 1. The number of rotatable bonds is 8. The van der Waals surface area contributed by atoms with Crippen LogP contribution < -0.4 is 14.8 Å². The number of aryl methyl sites for hydroxylation is 2. The predicted octanol–water partition coefficient (Wildman–Crippen LogP) is 5.26. The van der Waals surface area contributed by atoms with Crippen molar-refractivity contribution in [2.45, 2.75) is 59.9 Å². The zero-order chi connectivity index (χ0) is 30.3. The Kier molecular flexibility index (Phi) is 7.99. The van der Waals surface area contributed by atoms with Gasteiger partial charge in [-0.1, -0.05) is 32.1 Å². The molecule has 12 heteroatoms. The molecule has 2 aromatic heterocycles. The maximum atomic E-state index is 13.5. The van der Waals surface area contributed by atoms with Crippen LogP contribution in [0.1, 0.15) is 68.0 Å². The van der Waals surface area contributed by atoms with Gasteiger partial charge in [-0.2, -0.15) is 0 Å². The van der Waals surface area contributed by atoms with E-state index in [1.54, 1.807) is 35.1 Å². The van der Waals surface area contributed by atoms with Crippen LogP contribution in [0.15, 0.2) is 42.7 Å². The van der Waals surface area contributed by atoms with E-state index in [4.69, 9.17) is 4.74 Å². The highest BCUT2D eigenvalue weighted by molar-refractivity contribution is 7.92. The molecular weight excluding hydrogens is 542 g/mol. The van der Waals surface area contributed by atoms with Gasteiger partial charge in [-0.15, -0.1) is 5.10 Å². The molecule has 0 aliphatic rings. The van der Waals surface area contributed by atoms with Crippen molar-refractivity contribution < 1.29 is 17.9 Å². The summed E-state index contributed by atoms with van der Waals surface area (Å²) in [6.45, 7) is 14.0. The number of nitrogens with zero attached hydrogens (tertiary/aromatic N) is 5. The van der Waals surface area contributed by atoms with E-state index in [0.29, 0.717) is 22.6 Å². The Morgan fingerprint density at radius 3 is 2.37 bits per heavy atom. The molecule has 218 valence electrons. The molecule has 11 nitrogen and oxygen atoms in total. The van der Waals surface area contributed by atoms with Gasteiger partial charge in [-0.3, -0.25) is 9.52 Å². The number of amides is 1. The summed E-state index contributed by atoms with van der Waals surface area (Å²) in [6, 6.07) is 9.02. The topological polar surface area (TPSA) is 133 Å². The number of hydrogen-bond acceptors (Lipinski definition) is 7. The molecule has 0 spiro atoms. The number of carbonyl (C=O) groups is 1. The average Bonchev–Trinajstić information content (AvgIpc) is 3.49. The van der Waals surface area contributed by atoms with E-state index in [-0.39, 0.29) is 22.9 Å².